The van der Waals surface area contributed by atoms with Gasteiger partial charge in [-0.05, 0) is 24.5 Å². The summed E-state index contributed by atoms with van der Waals surface area (Å²) in [5.74, 6) is 0. The Balaban J connectivity index is 3.26. The lowest BCUT2D eigenvalue weighted by molar-refractivity contribution is 0.853. The highest BCUT2D eigenvalue weighted by Crippen LogP contribution is 2.12. The van der Waals surface area contributed by atoms with Crippen LogP contribution in [0.4, 0.5) is 0 Å². The number of aromatic amines is 1. The average molecular weight is 206 g/mol. The molecule has 0 aliphatic carbocycles. The van der Waals surface area contributed by atoms with Gasteiger partial charge in [0.15, 0.2) is 0 Å². The van der Waals surface area contributed by atoms with Gasteiger partial charge < -0.3 is 4.98 Å². The standard InChI is InChI=1S/C11H14N2S/c1-3-5-10-8(4-2)6-9(7-12)11(14)13-10/h6H,3-5H2,1-2H3,(H,13,14). The van der Waals surface area contributed by atoms with Crippen molar-refractivity contribution in [1.82, 2.24) is 4.98 Å². The summed E-state index contributed by atoms with van der Waals surface area (Å²) in [7, 11) is 0. The van der Waals surface area contributed by atoms with Gasteiger partial charge in [-0.25, -0.2) is 0 Å². The summed E-state index contributed by atoms with van der Waals surface area (Å²) in [6.07, 6.45) is 3.03. The van der Waals surface area contributed by atoms with Crippen molar-refractivity contribution in [3.05, 3.63) is 27.5 Å². The fourth-order valence-corrected chi connectivity index (χ4v) is 1.71. The van der Waals surface area contributed by atoms with E-state index in [1.807, 2.05) is 6.07 Å². The van der Waals surface area contributed by atoms with Gasteiger partial charge in [0.1, 0.15) is 10.7 Å². The molecule has 1 N–H and O–H groups in total. The number of H-pyrrole nitrogens is 1. The first-order valence-electron chi connectivity index (χ1n) is 4.88. The second-order valence-electron chi connectivity index (χ2n) is 3.23. The molecule has 74 valence electrons. The van der Waals surface area contributed by atoms with Gasteiger partial charge in [0, 0.05) is 5.69 Å². The van der Waals surface area contributed by atoms with Gasteiger partial charge in [-0.2, -0.15) is 5.26 Å². The Kier molecular flexibility index (Phi) is 3.84. The van der Waals surface area contributed by atoms with Crippen LogP contribution in [0.1, 0.15) is 37.1 Å². The highest BCUT2D eigenvalue weighted by atomic mass is 32.1. The molecule has 0 aliphatic heterocycles. The Hall–Kier alpha value is -1.14. The van der Waals surface area contributed by atoms with E-state index < -0.39 is 0 Å². The summed E-state index contributed by atoms with van der Waals surface area (Å²) >= 11 is 5.08. The molecule has 0 aliphatic rings. The van der Waals surface area contributed by atoms with Crippen LogP contribution in [0.15, 0.2) is 6.07 Å². The van der Waals surface area contributed by atoms with Crippen LogP contribution in [0.3, 0.4) is 0 Å². The van der Waals surface area contributed by atoms with E-state index >= 15 is 0 Å². The highest BCUT2D eigenvalue weighted by molar-refractivity contribution is 7.71. The third kappa shape index (κ3) is 2.21. The lowest BCUT2D eigenvalue weighted by Crippen LogP contribution is -1.99. The monoisotopic (exact) mass is 206 g/mol. The van der Waals surface area contributed by atoms with Crippen LogP contribution in [0, 0.1) is 16.0 Å². The van der Waals surface area contributed by atoms with Crippen molar-refractivity contribution in [3.63, 3.8) is 0 Å². The minimum Gasteiger partial charge on any atom is -0.349 e. The summed E-state index contributed by atoms with van der Waals surface area (Å²) in [6.45, 7) is 4.22. The number of hydrogen-bond acceptors (Lipinski definition) is 2. The van der Waals surface area contributed by atoms with Crippen molar-refractivity contribution in [1.29, 1.82) is 5.26 Å². The molecule has 0 radical (unpaired) electrons. The number of nitrogens with one attached hydrogen (secondary N) is 1. The largest absolute Gasteiger partial charge is 0.349 e. The van der Waals surface area contributed by atoms with Crippen LogP contribution in [-0.2, 0) is 12.8 Å². The van der Waals surface area contributed by atoms with Crippen LogP contribution < -0.4 is 0 Å². The quantitative estimate of drug-likeness (QED) is 0.772. The molecule has 0 atom stereocenters. The number of pyridine rings is 1. The zero-order valence-corrected chi connectivity index (χ0v) is 9.37. The van der Waals surface area contributed by atoms with Crippen LogP contribution in [-0.4, -0.2) is 4.98 Å². The number of aryl methyl sites for hydroxylation is 2. The second-order valence-corrected chi connectivity index (χ2v) is 3.64. The average Bonchev–Trinajstić information content (AvgIpc) is 2.19. The zero-order chi connectivity index (χ0) is 10.6. The second kappa shape index (κ2) is 4.92. The fraction of sp³-hybridized carbons (Fsp3) is 0.455. The van der Waals surface area contributed by atoms with Crippen LogP contribution in [0.25, 0.3) is 0 Å². The molecular weight excluding hydrogens is 192 g/mol. The molecule has 14 heavy (non-hydrogen) atoms. The van der Waals surface area contributed by atoms with Gasteiger partial charge in [-0.3, -0.25) is 0 Å². The summed E-state index contributed by atoms with van der Waals surface area (Å²) in [6, 6.07) is 4.01. The van der Waals surface area contributed by atoms with Crippen molar-refractivity contribution in [2.24, 2.45) is 0 Å². The maximum absolute atomic E-state index is 8.82. The van der Waals surface area contributed by atoms with Gasteiger partial charge in [0.2, 0.25) is 0 Å². The number of nitriles is 1. The molecule has 0 spiro atoms. The van der Waals surface area contributed by atoms with Crippen LogP contribution >= 0.6 is 12.2 Å². The third-order valence-electron chi connectivity index (χ3n) is 2.22. The summed E-state index contributed by atoms with van der Waals surface area (Å²) < 4.78 is 0.563. The van der Waals surface area contributed by atoms with E-state index in [1.54, 1.807) is 0 Å². The SMILES string of the molecule is CCCc1[nH]c(=S)c(C#N)cc1CC. The predicted molar refractivity (Wildman–Crippen MR) is 59.7 cm³/mol. The van der Waals surface area contributed by atoms with Gasteiger partial charge in [0.05, 0.1) is 5.56 Å². The zero-order valence-electron chi connectivity index (χ0n) is 8.55. The first-order valence-corrected chi connectivity index (χ1v) is 5.28. The van der Waals surface area contributed by atoms with E-state index in [-0.39, 0.29) is 0 Å². The smallest absolute Gasteiger partial charge is 0.121 e. The molecule has 0 unspecified atom stereocenters. The van der Waals surface area contributed by atoms with Crippen molar-refractivity contribution in [3.8, 4) is 6.07 Å². The first kappa shape index (κ1) is 10.9. The van der Waals surface area contributed by atoms with Crippen molar-refractivity contribution >= 4 is 12.2 Å². The van der Waals surface area contributed by atoms with Gasteiger partial charge in [-0.1, -0.05) is 32.5 Å². The molecule has 1 rings (SSSR count). The normalized spacial score (nSPS) is 9.79. The predicted octanol–water partition coefficient (Wildman–Crippen LogP) is 3.13. The minimum atomic E-state index is 0.563. The number of aromatic nitrogens is 1. The Morgan fingerprint density at radius 2 is 2.21 bits per heavy atom. The molecule has 1 heterocycles. The molecule has 0 amide bonds. The maximum atomic E-state index is 8.82. The van der Waals surface area contributed by atoms with E-state index in [0.717, 1.165) is 19.3 Å². The van der Waals surface area contributed by atoms with E-state index in [2.05, 4.69) is 24.9 Å². The number of rotatable bonds is 3. The van der Waals surface area contributed by atoms with Crippen molar-refractivity contribution in [2.75, 3.05) is 0 Å². The van der Waals surface area contributed by atoms with E-state index in [0.29, 0.717) is 10.2 Å². The molecule has 1 aromatic rings. The molecule has 2 nitrogen and oxygen atoms in total. The van der Waals surface area contributed by atoms with Crippen LogP contribution in [0.2, 0.25) is 0 Å². The molecule has 1 aromatic heterocycles. The number of hydrogen-bond donors (Lipinski definition) is 1. The molecule has 0 aromatic carbocycles. The summed E-state index contributed by atoms with van der Waals surface area (Å²) in [5, 5.41) is 8.82. The molecule has 0 saturated carbocycles. The van der Waals surface area contributed by atoms with Crippen molar-refractivity contribution < 1.29 is 0 Å². The van der Waals surface area contributed by atoms with E-state index in [1.165, 1.54) is 11.3 Å². The molecule has 3 heteroatoms. The van der Waals surface area contributed by atoms with Crippen LogP contribution in [0.5, 0.6) is 0 Å². The molecule has 0 fully saturated rings. The Bertz CT molecular complexity index is 412. The fourth-order valence-electron chi connectivity index (χ4n) is 1.48. The Morgan fingerprint density at radius 3 is 2.71 bits per heavy atom. The van der Waals surface area contributed by atoms with E-state index in [4.69, 9.17) is 17.5 Å². The summed E-state index contributed by atoms with van der Waals surface area (Å²) in [4.78, 5) is 3.14. The van der Waals surface area contributed by atoms with Gasteiger partial charge in [-0.15, -0.1) is 0 Å². The lowest BCUT2D eigenvalue weighted by Gasteiger charge is -2.07. The highest BCUT2D eigenvalue weighted by Gasteiger charge is 2.03. The molecular formula is C11H14N2S. The van der Waals surface area contributed by atoms with Crippen molar-refractivity contribution in [2.45, 2.75) is 33.1 Å². The molecule has 0 bridgehead atoms. The molecule has 0 saturated heterocycles. The lowest BCUT2D eigenvalue weighted by atomic mass is 10.1. The maximum Gasteiger partial charge on any atom is 0.121 e. The van der Waals surface area contributed by atoms with E-state index in [9.17, 15) is 0 Å². The van der Waals surface area contributed by atoms with Gasteiger partial charge in [0.25, 0.3) is 0 Å². The summed E-state index contributed by atoms with van der Waals surface area (Å²) in [5.41, 5.74) is 2.97. The minimum absolute atomic E-state index is 0.563. The Morgan fingerprint density at radius 1 is 1.50 bits per heavy atom. The topological polar surface area (TPSA) is 39.6 Å². The number of nitrogens with zero attached hydrogens (tertiary/aromatic N) is 1. The Labute approximate surface area is 89.6 Å². The van der Waals surface area contributed by atoms with Gasteiger partial charge >= 0.3 is 0 Å². The first-order chi connectivity index (χ1) is 6.72. The third-order valence-corrected chi connectivity index (χ3v) is 2.54.